The molecule has 20 heavy (non-hydrogen) atoms. The van der Waals surface area contributed by atoms with Crippen LogP contribution in [-0.2, 0) is 4.79 Å². The van der Waals surface area contributed by atoms with Crippen molar-refractivity contribution >= 4 is 17.3 Å². The lowest BCUT2D eigenvalue weighted by Gasteiger charge is -2.22. The third-order valence-electron chi connectivity index (χ3n) is 3.90. The molecule has 0 aliphatic carbocycles. The average Bonchev–Trinajstić information content (AvgIpc) is 2.80. The summed E-state index contributed by atoms with van der Waals surface area (Å²) in [5.74, 6) is -0.0937. The summed E-state index contributed by atoms with van der Waals surface area (Å²) >= 11 is 0. The Labute approximate surface area is 117 Å². The van der Waals surface area contributed by atoms with Gasteiger partial charge in [-0.05, 0) is 45.4 Å². The molecule has 2 rings (SSSR count). The molecule has 1 aromatic rings. The van der Waals surface area contributed by atoms with Crippen molar-refractivity contribution in [2.45, 2.75) is 27.2 Å². The van der Waals surface area contributed by atoms with Gasteiger partial charge in [-0.3, -0.25) is 14.9 Å². The molecule has 6 heteroatoms. The number of amides is 1. The molecule has 2 N–H and O–H groups in total. The SMILES string of the molecule is Cc1cc(C)c([N+](=O)[O-])cc1NC(=O)C1(C)CCNC1. The molecule has 0 spiro atoms. The van der Waals surface area contributed by atoms with Crippen LogP contribution in [0.25, 0.3) is 0 Å². The van der Waals surface area contributed by atoms with Crippen molar-refractivity contribution in [2.24, 2.45) is 5.41 Å². The zero-order valence-corrected chi connectivity index (χ0v) is 11.9. The molecule has 1 aliphatic heterocycles. The third-order valence-corrected chi connectivity index (χ3v) is 3.90. The van der Waals surface area contributed by atoms with Crippen molar-refractivity contribution in [3.05, 3.63) is 33.4 Å². The Balaban J connectivity index is 2.27. The summed E-state index contributed by atoms with van der Waals surface area (Å²) in [6.45, 7) is 6.88. The van der Waals surface area contributed by atoms with E-state index in [2.05, 4.69) is 10.6 Å². The average molecular weight is 277 g/mol. The van der Waals surface area contributed by atoms with E-state index in [0.717, 1.165) is 18.5 Å². The van der Waals surface area contributed by atoms with Crippen LogP contribution in [0.15, 0.2) is 12.1 Å². The lowest BCUT2D eigenvalue weighted by molar-refractivity contribution is -0.385. The number of anilines is 1. The van der Waals surface area contributed by atoms with Gasteiger partial charge in [-0.25, -0.2) is 0 Å². The lowest BCUT2D eigenvalue weighted by atomic mass is 9.88. The van der Waals surface area contributed by atoms with Crippen molar-refractivity contribution in [2.75, 3.05) is 18.4 Å². The second-order valence-electron chi connectivity index (χ2n) is 5.65. The minimum absolute atomic E-state index is 0.0283. The van der Waals surface area contributed by atoms with E-state index < -0.39 is 10.3 Å². The van der Waals surface area contributed by atoms with Gasteiger partial charge in [0.25, 0.3) is 5.69 Å². The largest absolute Gasteiger partial charge is 0.325 e. The first kappa shape index (κ1) is 14.5. The van der Waals surface area contributed by atoms with Crippen molar-refractivity contribution in [3.63, 3.8) is 0 Å². The number of hydrogen-bond donors (Lipinski definition) is 2. The van der Waals surface area contributed by atoms with Crippen LogP contribution in [0, 0.1) is 29.4 Å². The molecule has 1 aliphatic rings. The van der Waals surface area contributed by atoms with E-state index in [4.69, 9.17) is 0 Å². The number of nitro benzene ring substituents is 1. The molecular formula is C14H19N3O3. The molecule has 1 unspecified atom stereocenters. The van der Waals surface area contributed by atoms with Gasteiger partial charge >= 0.3 is 0 Å². The Bertz CT molecular complexity index is 563. The first-order valence-corrected chi connectivity index (χ1v) is 6.61. The summed E-state index contributed by atoms with van der Waals surface area (Å²) in [6.07, 6.45) is 0.770. The van der Waals surface area contributed by atoms with Gasteiger partial charge in [-0.1, -0.05) is 0 Å². The van der Waals surface area contributed by atoms with Gasteiger partial charge in [0, 0.05) is 18.2 Å². The van der Waals surface area contributed by atoms with Crippen LogP contribution < -0.4 is 10.6 Å². The molecule has 1 heterocycles. The standard InChI is InChI=1S/C14H19N3O3/c1-9-6-10(2)12(17(19)20)7-11(9)16-13(18)14(3)4-5-15-8-14/h6-7,15H,4-5,8H2,1-3H3,(H,16,18). The second kappa shape index (κ2) is 5.20. The number of nitro groups is 1. The number of rotatable bonds is 3. The van der Waals surface area contributed by atoms with E-state index in [-0.39, 0.29) is 11.6 Å². The predicted octanol–water partition coefficient (Wildman–Crippen LogP) is 2.15. The fourth-order valence-electron chi connectivity index (χ4n) is 2.46. The van der Waals surface area contributed by atoms with Crippen LogP contribution in [0.5, 0.6) is 0 Å². The summed E-state index contributed by atoms with van der Waals surface area (Å²) in [4.78, 5) is 22.9. The van der Waals surface area contributed by atoms with E-state index in [1.807, 2.05) is 13.8 Å². The van der Waals surface area contributed by atoms with Crippen LogP contribution in [0.3, 0.4) is 0 Å². The maximum atomic E-state index is 12.3. The molecule has 1 fully saturated rings. The van der Waals surface area contributed by atoms with E-state index in [1.54, 1.807) is 13.0 Å². The van der Waals surface area contributed by atoms with Crippen molar-refractivity contribution < 1.29 is 9.72 Å². The van der Waals surface area contributed by atoms with Crippen LogP contribution in [0.2, 0.25) is 0 Å². The highest BCUT2D eigenvalue weighted by molar-refractivity contribution is 5.96. The molecule has 108 valence electrons. The minimum Gasteiger partial charge on any atom is -0.325 e. The van der Waals surface area contributed by atoms with Gasteiger partial charge in [0.1, 0.15) is 0 Å². The number of nitrogens with one attached hydrogen (secondary N) is 2. The third kappa shape index (κ3) is 2.65. The molecule has 1 amide bonds. The van der Waals surface area contributed by atoms with Crippen LogP contribution in [-0.4, -0.2) is 23.9 Å². The Morgan fingerprint density at radius 1 is 1.40 bits per heavy atom. The first-order valence-electron chi connectivity index (χ1n) is 6.61. The highest BCUT2D eigenvalue weighted by Crippen LogP contribution is 2.30. The number of carbonyl (C=O) groups is 1. The fourth-order valence-corrected chi connectivity index (χ4v) is 2.46. The number of aryl methyl sites for hydroxylation is 2. The molecule has 0 aromatic heterocycles. The number of carbonyl (C=O) groups excluding carboxylic acids is 1. The van der Waals surface area contributed by atoms with Gasteiger partial charge in [-0.2, -0.15) is 0 Å². The quantitative estimate of drug-likeness (QED) is 0.655. The molecular weight excluding hydrogens is 258 g/mol. The van der Waals surface area contributed by atoms with E-state index >= 15 is 0 Å². The van der Waals surface area contributed by atoms with Gasteiger partial charge in [0.05, 0.1) is 16.0 Å². The Hall–Kier alpha value is -1.95. The molecule has 0 bridgehead atoms. The Kier molecular flexibility index (Phi) is 3.76. The molecule has 1 saturated heterocycles. The summed E-state index contributed by atoms with van der Waals surface area (Å²) in [5, 5.41) is 17.0. The van der Waals surface area contributed by atoms with Gasteiger partial charge in [0.15, 0.2) is 0 Å². The number of benzene rings is 1. The maximum absolute atomic E-state index is 12.3. The zero-order chi connectivity index (χ0) is 14.9. The van der Waals surface area contributed by atoms with E-state index in [1.165, 1.54) is 6.07 Å². The Morgan fingerprint density at radius 2 is 2.10 bits per heavy atom. The molecule has 6 nitrogen and oxygen atoms in total. The molecule has 1 aromatic carbocycles. The van der Waals surface area contributed by atoms with Crippen molar-refractivity contribution in [1.29, 1.82) is 0 Å². The van der Waals surface area contributed by atoms with Crippen molar-refractivity contribution in [1.82, 2.24) is 5.32 Å². The van der Waals surface area contributed by atoms with Crippen molar-refractivity contribution in [3.8, 4) is 0 Å². The van der Waals surface area contributed by atoms with Crippen LogP contribution in [0.1, 0.15) is 24.5 Å². The zero-order valence-electron chi connectivity index (χ0n) is 11.9. The summed E-state index contributed by atoms with van der Waals surface area (Å²) < 4.78 is 0. The molecule has 0 saturated carbocycles. The van der Waals surface area contributed by atoms with Gasteiger partial charge < -0.3 is 10.6 Å². The molecule has 0 radical (unpaired) electrons. The smallest absolute Gasteiger partial charge is 0.274 e. The number of nitrogens with zero attached hydrogens (tertiary/aromatic N) is 1. The molecule has 1 atom stereocenters. The summed E-state index contributed by atoms with van der Waals surface area (Å²) in [5.41, 5.74) is 1.52. The van der Waals surface area contributed by atoms with E-state index in [0.29, 0.717) is 17.8 Å². The van der Waals surface area contributed by atoms with E-state index in [9.17, 15) is 14.9 Å². The topological polar surface area (TPSA) is 84.3 Å². The first-order chi connectivity index (χ1) is 9.33. The monoisotopic (exact) mass is 277 g/mol. The van der Waals surface area contributed by atoms with Crippen LogP contribution >= 0.6 is 0 Å². The van der Waals surface area contributed by atoms with Gasteiger partial charge in [0.2, 0.25) is 5.91 Å². The van der Waals surface area contributed by atoms with Gasteiger partial charge in [-0.15, -0.1) is 0 Å². The highest BCUT2D eigenvalue weighted by atomic mass is 16.6. The minimum atomic E-state index is -0.452. The normalized spacial score (nSPS) is 21.8. The predicted molar refractivity (Wildman–Crippen MR) is 76.8 cm³/mol. The Morgan fingerprint density at radius 3 is 2.65 bits per heavy atom. The lowest BCUT2D eigenvalue weighted by Crippen LogP contribution is -2.35. The number of hydrogen-bond acceptors (Lipinski definition) is 4. The summed E-state index contributed by atoms with van der Waals surface area (Å²) in [6, 6.07) is 3.16. The highest BCUT2D eigenvalue weighted by Gasteiger charge is 2.36. The fraction of sp³-hybridized carbons (Fsp3) is 0.500. The summed E-state index contributed by atoms with van der Waals surface area (Å²) in [7, 11) is 0. The maximum Gasteiger partial charge on any atom is 0.274 e. The van der Waals surface area contributed by atoms with Crippen LogP contribution in [0.4, 0.5) is 11.4 Å². The second-order valence-corrected chi connectivity index (χ2v) is 5.65.